The number of benzene rings is 3. The summed E-state index contributed by atoms with van der Waals surface area (Å²) in [6, 6.07) is 29.7. The molecule has 0 heterocycles. The quantitative estimate of drug-likeness (QED) is 0.665. The van der Waals surface area contributed by atoms with Gasteiger partial charge in [0.15, 0.2) is 6.09 Å². The van der Waals surface area contributed by atoms with E-state index < -0.39 is 13.5 Å². The fraction of sp³-hybridized carbons (Fsp3) is 0.0952. The van der Waals surface area contributed by atoms with E-state index >= 15 is 0 Å². The van der Waals surface area contributed by atoms with E-state index in [1.165, 1.54) is 4.67 Å². The molecule has 25 heavy (non-hydrogen) atoms. The van der Waals surface area contributed by atoms with Gasteiger partial charge in [-0.15, -0.1) is 0 Å². The maximum absolute atomic E-state index is 12.1. The van der Waals surface area contributed by atoms with Crippen molar-refractivity contribution < 1.29 is 9.90 Å². The van der Waals surface area contributed by atoms with Crippen molar-refractivity contribution in [3.05, 3.63) is 91.0 Å². The Morgan fingerprint density at radius 3 is 1.32 bits per heavy atom. The van der Waals surface area contributed by atoms with Crippen molar-refractivity contribution in [3.63, 3.8) is 0 Å². The summed E-state index contributed by atoms with van der Waals surface area (Å²) in [5.41, 5.74) is 0. The molecule has 0 atom stereocenters. The third-order valence-corrected chi connectivity index (χ3v) is 8.57. The second-order valence-electron chi connectivity index (χ2n) is 5.62. The number of rotatable bonds is 5. The van der Waals surface area contributed by atoms with E-state index in [1.54, 1.807) is 0 Å². The van der Waals surface area contributed by atoms with Crippen molar-refractivity contribution in [2.45, 2.75) is 6.92 Å². The lowest BCUT2D eigenvalue weighted by Gasteiger charge is -2.37. The standard InChI is InChI=1S/C21H20NO2P/c1-2-22(21(23)24)25(18-12-6-3-7-13-18,19-14-8-4-9-15-19)20-16-10-5-11-17-20/h3-17H,2H2,1H3. The number of hydrogen-bond acceptors (Lipinski definition) is 2. The van der Waals surface area contributed by atoms with Crippen LogP contribution >= 0.6 is 7.41 Å². The summed E-state index contributed by atoms with van der Waals surface area (Å²) in [5, 5.41) is 15.1. The molecule has 1 amide bonds. The number of carbonyl (C=O) groups is 1. The first-order chi connectivity index (χ1) is 12.2. The zero-order valence-corrected chi connectivity index (χ0v) is 15.0. The minimum absolute atomic E-state index is 0.356. The largest absolute Gasteiger partial charge is 0.527 e. The van der Waals surface area contributed by atoms with E-state index in [0.29, 0.717) is 6.54 Å². The molecular formula is C21H20NO2P. The minimum Gasteiger partial charge on any atom is -0.527 e. The number of nitrogens with zero attached hydrogens (tertiary/aromatic N) is 1. The molecule has 126 valence electrons. The molecule has 0 N–H and O–H groups in total. The fourth-order valence-corrected chi connectivity index (χ4v) is 7.47. The Hall–Kier alpha value is -2.64. The smallest absolute Gasteiger partial charge is 0.203 e. The molecule has 3 aromatic carbocycles. The minimum atomic E-state index is -2.55. The molecule has 3 nitrogen and oxygen atoms in total. The summed E-state index contributed by atoms with van der Waals surface area (Å²) in [5.74, 6) is 0. The van der Waals surface area contributed by atoms with Crippen LogP contribution < -0.4 is 21.0 Å². The first-order valence-electron chi connectivity index (χ1n) is 8.26. The van der Waals surface area contributed by atoms with Crippen LogP contribution in [0.1, 0.15) is 6.92 Å². The van der Waals surface area contributed by atoms with Gasteiger partial charge in [0.25, 0.3) is 0 Å². The summed E-state index contributed by atoms with van der Waals surface area (Å²) < 4.78 is 1.51. The molecule has 0 aliphatic heterocycles. The summed E-state index contributed by atoms with van der Waals surface area (Å²) >= 11 is 0. The molecule has 0 saturated heterocycles. The first-order valence-corrected chi connectivity index (χ1v) is 10.00. The van der Waals surface area contributed by atoms with Crippen molar-refractivity contribution in [2.75, 3.05) is 6.54 Å². The van der Waals surface area contributed by atoms with E-state index in [4.69, 9.17) is 0 Å². The predicted molar refractivity (Wildman–Crippen MR) is 103 cm³/mol. The molecular weight excluding hydrogens is 329 g/mol. The zero-order valence-electron chi connectivity index (χ0n) is 14.1. The molecule has 0 aromatic heterocycles. The second-order valence-corrected chi connectivity index (χ2v) is 8.93. The lowest BCUT2D eigenvalue weighted by molar-refractivity contribution is -0.259. The van der Waals surface area contributed by atoms with Crippen molar-refractivity contribution in [1.82, 2.24) is 4.67 Å². The van der Waals surface area contributed by atoms with Crippen molar-refractivity contribution in [1.29, 1.82) is 0 Å². The Morgan fingerprint density at radius 1 is 0.760 bits per heavy atom. The molecule has 3 aromatic rings. The highest BCUT2D eigenvalue weighted by molar-refractivity contribution is 7.94. The number of carbonyl (C=O) groups excluding carboxylic acids is 1. The van der Waals surface area contributed by atoms with Crippen LogP contribution in [0.3, 0.4) is 0 Å². The van der Waals surface area contributed by atoms with Gasteiger partial charge in [0.2, 0.25) is 7.41 Å². The number of hydrogen-bond donors (Lipinski definition) is 0. The van der Waals surface area contributed by atoms with Gasteiger partial charge in [-0.3, -0.25) is 0 Å². The van der Waals surface area contributed by atoms with Gasteiger partial charge in [-0.05, 0) is 43.3 Å². The summed E-state index contributed by atoms with van der Waals surface area (Å²) in [6.07, 6.45) is -1.15. The Bertz CT molecular complexity index is 726. The van der Waals surface area contributed by atoms with Gasteiger partial charge in [-0.1, -0.05) is 54.6 Å². The maximum Gasteiger partial charge on any atom is 0.203 e. The van der Waals surface area contributed by atoms with E-state index in [0.717, 1.165) is 15.9 Å². The van der Waals surface area contributed by atoms with Crippen LogP contribution in [-0.4, -0.2) is 17.3 Å². The molecule has 0 aliphatic carbocycles. The molecule has 4 heteroatoms. The van der Waals surface area contributed by atoms with Crippen LogP contribution in [0.2, 0.25) is 0 Å². The molecule has 0 unspecified atom stereocenters. The van der Waals surface area contributed by atoms with E-state index in [-0.39, 0.29) is 0 Å². The number of carboxylic acid groups (broad SMARTS) is 1. The van der Waals surface area contributed by atoms with Crippen molar-refractivity contribution in [2.24, 2.45) is 0 Å². The van der Waals surface area contributed by atoms with Crippen LogP contribution in [0.15, 0.2) is 91.0 Å². The SMILES string of the molecule is CCN(C(=O)[O-])[P+](c1ccccc1)(c1ccccc1)c1ccccc1. The fourth-order valence-electron chi connectivity index (χ4n) is 3.26. The lowest BCUT2D eigenvalue weighted by atomic mass is 10.4. The van der Waals surface area contributed by atoms with Crippen LogP contribution in [0.5, 0.6) is 0 Å². The third-order valence-electron chi connectivity index (χ3n) is 4.26. The Kier molecular flexibility index (Phi) is 5.16. The van der Waals surface area contributed by atoms with Gasteiger partial charge in [0.1, 0.15) is 15.9 Å². The topological polar surface area (TPSA) is 43.4 Å². The van der Waals surface area contributed by atoms with E-state index in [2.05, 4.69) is 0 Å². The summed E-state index contributed by atoms with van der Waals surface area (Å²) in [4.78, 5) is 12.1. The predicted octanol–water partition coefficient (Wildman–Crippen LogP) is 2.56. The van der Waals surface area contributed by atoms with Gasteiger partial charge >= 0.3 is 0 Å². The molecule has 0 bridgehead atoms. The first kappa shape index (κ1) is 17.2. The van der Waals surface area contributed by atoms with Gasteiger partial charge in [0.05, 0.1) is 6.54 Å². The average molecular weight is 349 g/mol. The van der Waals surface area contributed by atoms with Crippen LogP contribution in [0.25, 0.3) is 0 Å². The summed E-state index contributed by atoms with van der Waals surface area (Å²) in [6.45, 7) is 2.22. The van der Waals surface area contributed by atoms with E-state index in [1.807, 2.05) is 97.9 Å². The van der Waals surface area contributed by atoms with Crippen LogP contribution in [-0.2, 0) is 0 Å². The lowest BCUT2D eigenvalue weighted by Crippen LogP contribution is -2.50. The molecule has 0 fully saturated rings. The monoisotopic (exact) mass is 349 g/mol. The maximum atomic E-state index is 12.1. The highest BCUT2D eigenvalue weighted by Gasteiger charge is 2.51. The van der Waals surface area contributed by atoms with Gasteiger partial charge in [-0.2, -0.15) is 0 Å². The molecule has 3 rings (SSSR count). The van der Waals surface area contributed by atoms with E-state index in [9.17, 15) is 9.90 Å². The third kappa shape index (κ3) is 3.04. The van der Waals surface area contributed by atoms with Crippen molar-refractivity contribution >= 4 is 29.4 Å². The van der Waals surface area contributed by atoms with Gasteiger partial charge in [0, 0.05) is 0 Å². The van der Waals surface area contributed by atoms with Crippen molar-refractivity contribution in [3.8, 4) is 0 Å². The highest BCUT2D eigenvalue weighted by atomic mass is 31.2. The Balaban J connectivity index is 2.42. The molecule has 0 spiro atoms. The molecule has 0 radical (unpaired) electrons. The van der Waals surface area contributed by atoms with Crippen LogP contribution in [0.4, 0.5) is 4.79 Å². The molecule has 0 saturated carbocycles. The average Bonchev–Trinajstić information content (AvgIpc) is 2.68. The van der Waals surface area contributed by atoms with Gasteiger partial charge in [-0.25, -0.2) is 4.67 Å². The normalized spacial score (nSPS) is 11.1. The molecule has 0 aliphatic rings. The summed E-state index contributed by atoms with van der Waals surface area (Å²) in [7, 11) is -2.55. The highest BCUT2D eigenvalue weighted by Crippen LogP contribution is 2.58. The number of amides is 1. The van der Waals surface area contributed by atoms with Gasteiger partial charge < -0.3 is 9.90 Å². The second kappa shape index (κ2) is 7.50. The van der Waals surface area contributed by atoms with Crippen LogP contribution in [0, 0.1) is 0 Å². The Labute approximate surface area is 148 Å². The zero-order chi connectivity index (χ0) is 17.7. The Morgan fingerprint density at radius 2 is 1.08 bits per heavy atom.